The van der Waals surface area contributed by atoms with Crippen LogP contribution in [0.15, 0.2) is 24.3 Å². The first-order valence-corrected chi connectivity index (χ1v) is 4.40. The van der Waals surface area contributed by atoms with Crippen molar-refractivity contribution in [1.29, 1.82) is 0 Å². The van der Waals surface area contributed by atoms with Crippen LogP contribution >= 0.6 is 0 Å². The third-order valence-corrected chi connectivity index (χ3v) is 2.49. The summed E-state index contributed by atoms with van der Waals surface area (Å²) in [4.78, 5) is 0. The second-order valence-electron chi connectivity index (χ2n) is 3.47. The summed E-state index contributed by atoms with van der Waals surface area (Å²) in [6, 6.07) is 6.17. The lowest BCUT2D eigenvalue weighted by atomic mass is 9.93. The monoisotopic (exact) mass is 181 g/mol. The van der Waals surface area contributed by atoms with Crippen LogP contribution in [0.2, 0.25) is 0 Å². The van der Waals surface area contributed by atoms with E-state index >= 15 is 0 Å². The van der Waals surface area contributed by atoms with Crippen molar-refractivity contribution in [2.45, 2.75) is 12.0 Å². The predicted octanol–water partition coefficient (Wildman–Crippen LogP) is 1.01. The van der Waals surface area contributed by atoms with E-state index in [4.69, 9.17) is 0 Å². The summed E-state index contributed by atoms with van der Waals surface area (Å²) in [5.41, 5.74) is -0.209. The van der Waals surface area contributed by atoms with E-state index in [1.165, 1.54) is 12.1 Å². The normalized spacial score (nSPS) is 27.8. The van der Waals surface area contributed by atoms with E-state index in [1.54, 1.807) is 12.1 Å². The number of hydrogen-bond donors (Lipinski definition) is 2. The first kappa shape index (κ1) is 8.66. The number of hydrogen-bond acceptors (Lipinski definition) is 2. The van der Waals surface area contributed by atoms with E-state index in [-0.39, 0.29) is 5.82 Å². The van der Waals surface area contributed by atoms with Crippen LogP contribution in [0.4, 0.5) is 4.39 Å². The number of benzene rings is 1. The lowest BCUT2D eigenvalue weighted by Gasteiger charge is -2.21. The Morgan fingerprint density at radius 3 is 2.92 bits per heavy atom. The highest BCUT2D eigenvalue weighted by Gasteiger charge is 2.32. The van der Waals surface area contributed by atoms with Crippen molar-refractivity contribution in [1.82, 2.24) is 5.32 Å². The fourth-order valence-electron chi connectivity index (χ4n) is 1.70. The van der Waals surface area contributed by atoms with Crippen molar-refractivity contribution in [3.63, 3.8) is 0 Å². The molecule has 3 heteroatoms. The summed E-state index contributed by atoms with van der Waals surface area (Å²) in [6.07, 6.45) is 0.649. The van der Waals surface area contributed by atoms with E-state index in [0.717, 1.165) is 6.54 Å². The maximum atomic E-state index is 12.9. The van der Waals surface area contributed by atoms with E-state index < -0.39 is 5.60 Å². The van der Waals surface area contributed by atoms with Gasteiger partial charge in [-0.25, -0.2) is 4.39 Å². The number of halogens is 1. The van der Waals surface area contributed by atoms with Gasteiger partial charge in [0.15, 0.2) is 0 Å². The zero-order chi connectivity index (χ0) is 9.31. The Hall–Kier alpha value is -0.930. The Balaban J connectivity index is 2.33. The maximum Gasteiger partial charge on any atom is 0.123 e. The van der Waals surface area contributed by atoms with Gasteiger partial charge in [-0.1, -0.05) is 12.1 Å². The molecule has 13 heavy (non-hydrogen) atoms. The maximum absolute atomic E-state index is 12.9. The van der Waals surface area contributed by atoms with Crippen molar-refractivity contribution in [3.8, 4) is 0 Å². The van der Waals surface area contributed by atoms with E-state index in [0.29, 0.717) is 18.5 Å². The van der Waals surface area contributed by atoms with Gasteiger partial charge in [0.05, 0.1) is 0 Å². The van der Waals surface area contributed by atoms with Gasteiger partial charge in [-0.2, -0.15) is 0 Å². The summed E-state index contributed by atoms with van der Waals surface area (Å²) in [7, 11) is 0. The fraction of sp³-hybridized carbons (Fsp3) is 0.400. The SMILES string of the molecule is OC1(c2cccc(F)c2)CCNC1. The van der Waals surface area contributed by atoms with Crippen LogP contribution in [0, 0.1) is 5.82 Å². The van der Waals surface area contributed by atoms with Crippen LogP contribution in [0.5, 0.6) is 0 Å². The molecule has 0 amide bonds. The molecule has 1 fully saturated rings. The molecule has 1 saturated heterocycles. The molecule has 0 spiro atoms. The molecule has 0 radical (unpaired) electrons. The van der Waals surface area contributed by atoms with Crippen molar-refractivity contribution in [3.05, 3.63) is 35.6 Å². The summed E-state index contributed by atoms with van der Waals surface area (Å²) >= 11 is 0. The minimum absolute atomic E-state index is 0.294. The summed E-state index contributed by atoms with van der Waals surface area (Å²) in [5, 5.41) is 13.1. The van der Waals surface area contributed by atoms with Crippen LogP contribution in [0.25, 0.3) is 0 Å². The first-order valence-electron chi connectivity index (χ1n) is 4.40. The van der Waals surface area contributed by atoms with Gasteiger partial charge in [-0.05, 0) is 30.7 Å². The average Bonchev–Trinajstić information content (AvgIpc) is 2.54. The fourth-order valence-corrected chi connectivity index (χ4v) is 1.70. The smallest absolute Gasteiger partial charge is 0.123 e. The third kappa shape index (κ3) is 1.57. The van der Waals surface area contributed by atoms with Gasteiger partial charge in [0, 0.05) is 6.54 Å². The lowest BCUT2D eigenvalue weighted by Crippen LogP contribution is -2.28. The van der Waals surface area contributed by atoms with Gasteiger partial charge in [-0.3, -0.25) is 0 Å². The summed E-state index contributed by atoms with van der Waals surface area (Å²) in [6.45, 7) is 1.30. The predicted molar refractivity (Wildman–Crippen MR) is 47.8 cm³/mol. The highest BCUT2D eigenvalue weighted by molar-refractivity contribution is 5.24. The Labute approximate surface area is 76.4 Å². The van der Waals surface area contributed by atoms with E-state index in [2.05, 4.69) is 5.32 Å². The van der Waals surface area contributed by atoms with Crippen LogP contribution < -0.4 is 5.32 Å². The molecular weight excluding hydrogens is 169 g/mol. The van der Waals surface area contributed by atoms with Gasteiger partial charge < -0.3 is 10.4 Å². The Bertz CT molecular complexity index is 308. The first-order chi connectivity index (χ1) is 6.21. The zero-order valence-corrected chi connectivity index (χ0v) is 7.26. The second kappa shape index (κ2) is 3.09. The minimum atomic E-state index is -0.873. The molecule has 2 rings (SSSR count). The number of rotatable bonds is 1. The largest absolute Gasteiger partial charge is 0.384 e. The highest BCUT2D eigenvalue weighted by Crippen LogP contribution is 2.27. The van der Waals surface area contributed by atoms with Gasteiger partial charge in [0.1, 0.15) is 11.4 Å². The van der Waals surface area contributed by atoms with Crippen LogP contribution in [0.1, 0.15) is 12.0 Å². The Morgan fingerprint density at radius 2 is 2.31 bits per heavy atom. The standard InChI is InChI=1S/C10H12FNO/c11-9-3-1-2-8(6-9)10(13)4-5-12-7-10/h1-3,6,12-13H,4-5,7H2. The molecule has 1 aromatic rings. The van der Waals surface area contributed by atoms with Crippen LogP contribution in [-0.2, 0) is 5.60 Å². The van der Waals surface area contributed by atoms with Gasteiger partial charge in [-0.15, -0.1) is 0 Å². The number of aliphatic hydroxyl groups is 1. The molecule has 0 aromatic heterocycles. The van der Waals surface area contributed by atoms with E-state index in [9.17, 15) is 9.50 Å². The third-order valence-electron chi connectivity index (χ3n) is 2.49. The van der Waals surface area contributed by atoms with Gasteiger partial charge in [0.25, 0.3) is 0 Å². The van der Waals surface area contributed by atoms with Crippen LogP contribution in [-0.4, -0.2) is 18.2 Å². The van der Waals surface area contributed by atoms with Crippen molar-refractivity contribution in [2.24, 2.45) is 0 Å². The van der Waals surface area contributed by atoms with Crippen molar-refractivity contribution < 1.29 is 9.50 Å². The molecule has 1 unspecified atom stereocenters. The van der Waals surface area contributed by atoms with Crippen LogP contribution in [0.3, 0.4) is 0 Å². The number of β-amino-alcohol motifs (C(OH)–C–C–N with tert-alkyl or cyclic N) is 1. The quantitative estimate of drug-likeness (QED) is 0.677. The molecule has 2 N–H and O–H groups in total. The molecule has 0 aliphatic carbocycles. The molecule has 1 aliphatic heterocycles. The van der Waals surface area contributed by atoms with Crippen molar-refractivity contribution >= 4 is 0 Å². The molecular formula is C10H12FNO. The Kier molecular flexibility index (Phi) is 2.06. The molecule has 1 atom stereocenters. The topological polar surface area (TPSA) is 32.3 Å². The molecule has 0 bridgehead atoms. The lowest BCUT2D eigenvalue weighted by molar-refractivity contribution is 0.0584. The molecule has 1 aliphatic rings. The molecule has 1 heterocycles. The molecule has 1 aromatic carbocycles. The Morgan fingerprint density at radius 1 is 1.46 bits per heavy atom. The highest BCUT2D eigenvalue weighted by atomic mass is 19.1. The molecule has 0 saturated carbocycles. The average molecular weight is 181 g/mol. The summed E-state index contributed by atoms with van der Waals surface area (Å²) in [5.74, 6) is -0.294. The molecule has 70 valence electrons. The van der Waals surface area contributed by atoms with Crippen molar-refractivity contribution in [2.75, 3.05) is 13.1 Å². The summed E-state index contributed by atoms with van der Waals surface area (Å²) < 4.78 is 12.9. The number of nitrogens with one attached hydrogen (secondary N) is 1. The minimum Gasteiger partial charge on any atom is -0.384 e. The van der Waals surface area contributed by atoms with Gasteiger partial charge >= 0.3 is 0 Å². The molecule has 2 nitrogen and oxygen atoms in total. The zero-order valence-electron chi connectivity index (χ0n) is 7.26. The van der Waals surface area contributed by atoms with Gasteiger partial charge in [0.2, 0.25) is 0 Å². The second-order valence-corrected chi connectivity index (χ2v) is 3.47. The van der Waals surface area contributed by atoms with E-state index in [1.807, 2.05) is 0 Å².